The number of fused-ring (bicyclic) bond motifs is 1. The number of Topliss-reactive ketones (excluding diaryl/α,β-unsaturated/α-hetero) is 1. The number of ketones is 1. The summed E-state index contributed by atoms with van der Waals surface area (Å²) in [5.41, 5.74) is 1.72. The zero-order valence-corrected chi connectivity index (χ0v) is 12.5. The molecule has 0 N–H and O–H groups in total. The minimum absolute atomic E-state index is 0.231. The van der Waals surface area contributed by atoms with Crippen molar-refractivity contribution in [2.45, 2.75) is 0 Å². The number of carbonyl (C=O) groups is 2. The molecule has 0 bridgehead atoms. The van der Waals surface area contributed by atoms with Gasteiger partial charge in [-0.1, -0.05) is 42.5 Å². The smallest absolute Gasteiger partial charge is 0.337 e. The monoisotopic (exact) mass is 306 g/mol. The Hall–Kier alpha value is -3.14. The third kappa shape index (κ3) is 3.06. The first kappa shape index (κ1) is 14.8. The Bertz CT molecular complexity index is 817. The van der Waals surface area contributed by atoms with Gasteiger partial charge < -0.3 is 9.47 Å². The highest BCUT2D eigenvalue weighted by Gasteiger charge is 2.27. The van der Waals surface area contributed by atoms with E-state index in [0.717, 1.165) is 5.56 Å². The van der Waals surface area contributed by atoms with Crippen molar-refractivity contribution in [2.24, 2.45) is 0 Å². The average molecular weight is 306 g/mol. The van der Waals surface area contributed by atoms with E-state index in [1.54, 1.807) is 24.3 Å². The molecule has 0 amide bonds. The van der Waals surface area contributed by atoms with Gasteiger partial charge in [-0.05, 0) is 29.8 Å². The summed E-state index contributed by atoms with van der Waals surface area (Å²) in [5.74, 6) is -0.0540. The van der Waals surface area contributed by atoms with Gasteiger partial charge in [-0.2, -0.15) is 0 Å². The summed E-state index contributed by atoms with van der Waals surface area (Å²) in [4.78, 5) is 23.9. The molecule has 0 aromatic heterocycles. The van der Waals surface area contributed by atoms with Crippen molar-refractivity contribution in [2.75, 3.05) is 7.11 Å². The van der Waals surface area contributed by atoms with Crippen LogP contribution in [0.5, 0.6) is 5.75 Å². The van der Waals surface area contributed by atoms with Crippen LogP contribution in [-0.2, 0) is 4.74 Å². The molecule has 0 unspecified atom stereocenters. The molecule has 2 aromatic rings. The van der Waals surface area contributed by atoms with Gasteiger partial charge in [-0.15, -0.1) is 0 Å². The van der Waals surface area contributed by atoms with Gasteiger partial charge in [0.25, 0.3) is 0 Å². The molecular formula is C19H14O4. The van der Waals surface area contributed by atoms with Crippen molar-refractivity contribution >= 4 is 17.8 Å². The fourth-order valence-electron chi connectivity index (χ4n) is 2.26. The van der Waals surface area contributed by atoms with Crippen molar-refractivity contribution < 1.29 is 19.1 Å². The van der Waals surface area contributed by atoms with Crippen molar-refractivity contribution in [1.29, 1.82) is 0 Å². The maximum Gasteiger partial charge on any atom is 0.337 e. The second-order valence-electron chi connectivity index (χ2n) is 4.93. The highest BCUT2D eigenvalue weighted by atomic mass is 16.5. The Kier molecular flexibility index (Phi) is 4.06. The Morgan fingerprint density at radius 1 is 1.13 bits per heavy atom. The number of hydrogen-bond acceptors (Lipinski definition) is 4. The number of rotatable bonds is 3. The number of carbonyl (C=O) groups excluding carboxylic acids is 2. The van der Waals surface area contributed by atoms with E-state index in [1.165, 1.54) is 13.2 Å². The Morgan fingerprint density at radius 3 is 2.65 bits per heavy atom. The van der Waals surface area contributed by atoms with E-state index in [-0.39, 0.29) is 11.5 Å². The molecule has 1 aliphatic heterocycles. The topological polar surface area (TPSA) is 52.6 Å². The van der Waals surface area contributed by atoms with Gasteiger partial charge in [0, 0.05) is 0 Å². The molecule has 23 heavy (non-hydrogen) atoms. The van der Waals surface area contributed by atoms with Crippen LogP contribution in [0.4, 0.5) is 0 Å². The largest absolute Gasteiger partial charge is 0.465 e. The zero-order valence-electron chi connectivity index (χ0n) is 12.5. The van der Waals surface area contributed by atoms with Crippen LogP contribution in [0.1, 0.15) is 26.3 Å². The summed E-state index contributed by atoms with van der Waals surface area (Å²) in [6, 6.07) is 14.4. The summed E-state index contributed by atoms with van der Waals surface area (Å²) in [5, 5.41) is 0. The van der Waals surface area contributed by atoms with E-state index in [0.29, 0.717) is 16.9 Å². The number of allylic oxidation sites excluding steroid dienone is 3. The SMILES string of the molecule is COC(=O)c1ccc2c(c1)C(=O)/C(=C/C=C/c1ccccc1)O2. The molecule has 0 fully saturated rings. The Labute approximate surface area is 133 Å². The Balaban J connectivity index is 1.82. The highest BCUT2D eigenvalue weighted by Crippen LogP contribution is 2.31. The molecule has 1 aliphatic rings. The van der Waals surface area contributed by atoms with E-state index < -0.39 is 5.97 Å². The van der Waals surface area contributed by atoms with Crippen LogP contribution in [0.2, 0.25) is 0 Å². The van der Waals surface area contributed by atoms with E-state index in [4.69, 9.17) is 4.74 Å². The molecular weight excluding hydrogens is 292 g/mol. The maximum absolute atomic E-state index is 12.3. The fourth-order valence-corrected chi connectivity index (χ4v) is 2.26. The van der Waals surface area contributed by atoms with Crippen molar-refractivity contribution in [3.05, 3.63) is 83.1 Å². The lowest BCUT2D eigenvalue weighted by atomic mass is 10.1. The normalized spacial score (nSPS) is 14.8. The average Bonchev–Trinajstić information content (AvgIpc) is 2.91. The lowest BCUT2D eigenvalue weighted by molar-refractivity contribution is 0.0600. The van der Waals surface area contributed by atoms with Gasteiger partial charge in [0.1, 0.15) is 5.75 Å². The summed E-state index contributed by atoms with van der Waals surface area (Å²) in [6.45, 7) is 0. The minimum atomic E-state index is -0.484. The number of benzene rings is 2. The Morgan fingerprint density at radius 2 is 1.91 bits per heavy atom. The van der Waals surface area contributed by atoms with Gasteiger partial charge in [-0.3, -0.25) is 4.79 Å². The molecule has 0 spiro atoms. The first-order valence-corrected chi connectivity index (χ1v) is 7.07. The lowest BCUT2D eigenvalue weighted by Crippen LogP contribution is -2.02. The van der Waals surface area contributed by atoms with Crippen LogP contribution in [0.3, 0.4) is 0 Å². The van der Waals surface area contributed by atoms with Crippen LogP contribution in [0.25, 0.3) is 6.08 Å². The van der Waals surface area contributed by atoms with Crippen molar-refractivity contribution in [3.63, 3.8) is 0 Å². The quantitative estimate of drug-likeness (QED) is 0.641. The molecule has 0 radical (unpaired) electrons. The molecule has 0 aliphatic carbocycles. The number of esters is 1. The van der Waals surface area contributed by atoms with Crippen LogP contribution in [0, 0.1) is 0 Å². The van der Waals surface area contributed by atoms with E-state index in [2.05, 4.69) is 4.74 Å². The van der Waals surface area contributed by atoms with Crippen molar-refractivity contribution in [1.82, 2.24) is 0 Å². The maximum atomic E-state index is 12.3. The van der Waals surface area contributed by atoms with Crippen LogP contribution < -0.4 is 4.74 Å². The summed E-state index contributed by atoms with van der Waals surface area (Å²) < 4.78 is 10.2. The van der Waals surface area contributed by atoms with Gasteiger partial charge in [0.2, 0.25) is 5.78 Å². The molecule has 114 valence electrons. The highest BCUT2D eigenvalue weighted by molar-refractivity contribution is 6.13. The van der Waals surface area contributed by atoms with Gasteiger partial charge in [0.15, 0.2) is 5.76 Å². The molecule has 4 nitrogen and oxygen atoms in total. The van der Waals surface area contributed by atoms with E-state index in [1.807, 2.05) is 36.4 Å². The van der Waals surface area contributed by atoms with Gasteiger partial charge >= 0.3 is 5.97 Å². The molecule has 0 atom stereocenters. The zero-order chi connectivity index (χ0) is 16.2. The molecule has 1 heterocycles. The molecule has 0 saturated heterocycles. The summed E-state index contributed by atoms with van der Waals surface area (Å²) >= 11 is 0. The fraction of sp³-hybridized carbons (Fsp3) is 0.0526. The molecule has 3 rings (SSSR count). The molecule has 0 saturated carbocycles. The first-order chi connectivity index (χ1) is 11.2. The lowest BCUT2D eigenvalue weighted by Gasteiger charge is -2.00. The number of ether oxygens (including phenoxy) is 2. The first-order valence-electron chi connectivity index (χ1n) is 7.07. The van der Waals surface area contributed by atoms with Crippen LogP contribution >= 0.6 is 0 Å². The van der Waals surface area contributed by atoms with E-state index >= 15 is 0 Å². The van der Waals surface area contributed by atoms with Crippen molar-refractivity contribution in [3.8, 4) is 5.75 Å². The number of methoxy groups -OCH3 is 1. The van der Waals surface area contributed by atoms with Gasteiger partial charge in [0.05, 0.1) is 18.2 Å². The predicted molar refractivity (Wildman–Crippen MR) is 86.3 cm³/mol. The minimum Gasteiger partial charge on any atom is -0.465 e. The number of hydrogen-bond donors (Lipinski definition) is 0. The third-order valence-corrected chi connectivity index (χ3v) is 3.42. The van der Waals surface area contributed by atoms with Gasteiger partial charge in [-0.25, -0.2) is 4.79 Å². The molecule has 2 aromatic carbocycles. The summed E-state index contributed by atoms with van der Waals surface area (Å²) in [7, 11) is 1.30. The predicted octanol–water partition coefficient (Wildman–Crippen LogP) is 3.65. The summed E-state index contributed by atoms with van der Waals surface area (Å²) in [6.07, 6.45) is 5.26. The standard InChI is InChI=1S/C19H14O4/c1-22-19(21)14-10-11-16-15(12-14)18(20)17(23-16)9-5-8-13-6-3-2-4-7-13/h2-12H,1H3/b8-5+,17-9-. The van der Waals surface area contributed by atoms with Crippen LogP contribution in [-0.4, -0.2) is 18.9 Å². The second-order valence-corrected chi connectivity index (χ2v) is 4.93. The van der Waals surface area contributed by atoms with Crippen LogP contribution in [0.15, 0.2) is 66.4 Å². The third-order valence-electron chi connectivity index (χ3n) is 3.42. The second kappa shape index (κ2) is 6.32. The molecule has 4 heteroatoms. The van der Waals surface area contributed by atoms with E-state index in [9.17, 15) is 9.59 Å².